The third kappa shape index (κ3) is 3.68. The van der Waals surface area contributed by atoms with Crippen molar-refractivity contribution >= 4 is 17.8 Å². The molecule has 2 amide bonds. The highest BCUT2D eigenvalue weighted by atomic mass is 16.6. The van der Waals surface area contributed by atoms with Gasteiger partial charge in [-0.3, -0.25) is 9.59 Å². The van der Waals surface area contributed by atoms with E-state index in [0.717, 1.165) is 10.5 Å². The summed E-state index contributed by atoms with van der Waals surface area (Å²) in [6.45, 7) is 5.17. The lowest BCUT2D eigenvalue weighted by Crippen LogP contribution is -2.44. The highest BCUT2D eigenvalue weighted by Crippen LogP contribution is 2.22. The van der Waals surface area contributed by atoms with Crippen molar-refractivity contribution in [3.63, 3.8) is 0 Å². The van der Waals surface area contributed by atoms with E-state index in [1.54, 1.807) is 20.8 Å². The number of amides is 2. The second kappa shape index (κ2) is 5.68. The van der Waals surface area contributed by atoms with E-state index >= 15 is 0 Å². The number of Topliss-reactive ketones (excluding diaryl/α,β-unsaturated/α-hetero) is 1. The van der Waals surface area contributed by atoms with E-state index in [-0.39, 0.29) is 12.2 Å². The maximum absolute atomic E-state index is 12.1. The maximum atomic E-state index is 12.1. The number of hydrogen-bond donors (Lipinski definition) is 0. The van der Waals surface area contributed by atoms with E-state index in [1.165, 1.54) is 0 Å². The molecule has 1 heterocycles. The molecule has 5 nitrogen and oxygen atoms in total. The Hall–Kier alpha value is -2.17. The number of ketones is 1. The topological polar surface area (TPSA) is 63.7 Å². The van der Waals surface area contributed by atoms with Gasteiger partial charge >= 0.3 is 6.09 Å². The zero-order chi connectivity index (χ0) is 15.6. The van der Waals surface area contributed by atoms with Gasteiger partial charge in [-0.15, -0.1) is 0 Å². The summed E-state index contributed by atoms with van der Waals surface area (Å²) in [5.74, 6) is -0.732. The SMILES string of the molecule is CC(C)(C)OC(=O)N1C(=O)CC(=O)C1Cc1ccccc1. The van der Waals surface area contributed by atoms with Gasteiger partial charge in [0.15, 0.2) is 5.78 Å². The Bertz CT molecular complexity index is 559. The van der Waals surface area contributed by atoms with Gasteiger partial charge < -0.3 is 4.74 Å². The van der Waals surface area contributed by atoms with Crippen LogP contribution in [0, 0.1) is 0 Å². The predicted octanol–water partition coefficient (Wildman–Crippen LogP) is 2.33. The number of carbonyl (C=O) groups excluding carboxylic acids is 3. The van der Waals surface area contributed by atoms with Gasteiger partial charge in [-0.2, -0.15) is 0 Å². The molecule has 1 aliphatic rings. The van der Waals surface area contributed by atoms with Crippen LogP contribution in [-0.2, 0) is 20.7 Å². The van der Waals surface area contributed by atoms with Gasteiger partial charge in [-0.1, -0.05) is 30.3 Å². The van der Waals surface area contributed by atoms with Crippen LogP contribution in [0.3, 0.4) is 0 Å². The Balaban J connectivity index is 2.19. The molecule has 0 aromatic heterocycles. The second-order valence-corrected chi connectivity index (χ2v) is 6.09. The highest BCUT2D eigenvalue weighted by Gasteiger charge is 2.44. The number of benzene rings is 1. The Kier molecular flexibility index (Phi) is 4.11. The first-order valence-corrected chi connectivity index (χ1v) is 6.89. The highest BCUT2D eigenvalue weighted by molar-refractivity contribution is 6.13. The fourth-order valence-corrected chi connectivity index (χ4v) is 2.25. The minimum Gasteiger partial charge on any atom is -0.443 e. The zero-order valence-electron chi connectivity index (χ0n) is 12.5. The van der Waals surface area contributed by atoms with Gasteiger partial charge in [0.25, 0.3) is 0 Å². The third-order valence-corrected chi connectivity index (χ3v) is 3.14. The van der Waals surface area contributed by atoms with Crippen molar-refractivity contribution in [2.75, 3.05) is 0 Å². The van der Waals surface area contributed by atoms with Gasteiger partial charge in [0.1, 0.15) is 11.6 Å². The van der Waals surface area contributed by atoms with E-state index < -0.39 is 23.6 Å². The first-order chi connectivity index (χ1) is 9.78. The van der Waals surface area contributed by atoms with Crippen LogP contribution in [0.5, 0.6) is 0 Å². The van der Waals surface area contributed by atoms with Crippen LogP contribution in [0.15, 0.2) is 30.3 Å². The molecular weight excluding hydrogens is 270 g/mol. The van der Waals surface area contributed by atoms with Crippen LogP contribution < -0.4 is 0 Å². The van der Waals surface area contributed by atoms with Crippen molar-refractivity contribution in [3.8, 4) is 0 Å². The molecule has 0 aliphatic carbocycles. The summed E-state index contributed by atoms with van der Waals surface area (Å²) in [6, 6.07) is 8.54. The number of imide groups is 1. The monoisotopic (exact) mass is 289 g/mol. The summed E-state index contributed by atoms with van der Waals surface area (Å²) < 4.78 is 5.22. The predicted molar refractivity (Wildman–Crippen MR) is 76.6 cm³/mol. The molecule has 1 saturated heterocycles. The molecule has 0 spiro atoms. The minimum atomic E-state index is -0.769. The molecule has 1 unspecified atom stereocenters. The average Bonchev–Trinajstić information content (AvgIpc) is 2.63. The zero-order valence-corrected chi connectivity index (χ0v) is 12.5. The van der Waals surface area contributed by atoms with Crippen molar-refractivity contribution in [1.82, 2.24) is 4.90 Å². The fourth-order valence-electron chi connectivity index (χ4n) is 2.25. The summed E-state index contributed by atoms with van der Waals surface area (Å²) in [5.41, 5.74) is 0.194. The quantitative estimate of drug-likeness (QED) is 0.784. The number of rotatable bonds is 2. The molecule has 5 heteroatoms. The number of carbonyl (C=O) groups is 3. The lowest BCUT2D eigenvalue weighted by atomic mass is 10.0. The molecule has 0 N–H and O–H groups in total. The van der Waals surface area contributed by atoms with Crippen molar-refractivity contribution in [2.45, 2.75) is 45.3 Å². The lowest BCUT2D eigenvalue weighted by molar-refractivity contribution is -0.128. The Morgan fingerprint density at radius 1 is 1.24 bits per heavy atom. The largest absolute Gasteiger partial charge is 0.443 e. The van der Waals surface area contributed by atoms with Gasteiger partial charge in [-0.25, -0.2) is 9.69 Å². The summed E-state index contributed by atoms with van der Waals surface area (Å²) in [7, 11) is 0. The Morgan fingerprint density at radius 2 is 1.86 bits per heavy atom. The van der Waals surface area contributed by atoms with E-state index in [1.807, 2.05) is 30.3 Å². The van der Waals surface area contributed by atoms with Crippen LogP contribution in [0.1, 0.15) is 32.8 Å². The summed E-state index contributed by atoms with van der Waals surface area (Å²) >= 11 is 0. The van der Waals surface area contributed by atoms with Gasteiger partial charge in [0.05, 0.1) is 6.42 Å². The standard InChI is InChI=1S/C16H19NO4/c1-16(2,3)21-15(20)17-12(13(18)10-14(17)19)9-11-7-5-4-6-8-11/h4-8,12H,9-10H2,1-3H3. The molecule has 21 heavy (non-hydrogen) atoms. The van der Waals surface area contributed by atoms with Crippen molar-refractivity contribution in [1.29, 1.82) is 0 Å². The molecule has 1 aromatic rings. The second-order valence-electron chi connectivity index (χ2n) is 6.09. The smallest absolute Gasteiger partial charge is 0.417 e. The molecule has 0 saturated carbocycles. The summed E-state index contributed by atoms with van der Waals surface area (Å²) in [5, 5.41) is 0. The van der Waals surface area contributed by atoms with Crippen molar-refractivity contribution < 1.29 is 19.1 Å². The van der Waals surface area contributed by atoms with E-state index in [2.05, 4.69) is 0 Å². The average molecular weight is 289 g/mol. The number of likely N-dealkylation sites (tertiary alicyclic amines) is 1. The summed E-state index contributed by atoms with van der Waals surface area (Å²) in [4.78, 5) is 37.0. The molecule has 0 bridgehead atoms. The van der Waals surface area contributed by atoms with Crippen LogP contribution in [0.4, 0.5) is 4.79 Å². The molecule has 1 atom stereocenters. The third-order valence-electron chi connectivity index (χ3n) is 3.14. The first-order valence-electron chi connectivity index (χ1n) is 6.89. The van der Waals surface area contributed by atoms with E-state index in [4.69, 9.17) is 4.74 Å². The van der Waals surface area contributed by atoms with Gasteiger partial charge in [0, 0.05) is 6.42 Å². The van der Waals surface area contributed by atoms with Crippen molar-refractivity contribution in [2.24, 2.45) is 0 Å². The summed E-state index contributed by atoms with van der Waals surface area (Å²) in [6.07, 6.45) is -0.666. The first kappa shape index (κ1) is 15.2. The normalized spacial score (nSPS) is 19.0. The number of nitrogens with zero attached hydrogens (tertiary/aromatic N) is 1. The molecule has 112 valence electrons. The number of hydrogen-bond acceptors (Lipinski definition) is 4. The van der Waals surface area contributed by atoms with E-state index in [0.29, 0.717) is 6.42 Å². The number of ether oxygens (including phenoxy) is 1. The lowest BCUT2D eigenvalue weighted by Gasteiger charge is -2.26. The minimum absolute atomic E-state index is 0.239. The molecule has 1 aliphatic heterocycles. The van der Waals surface area contributed by atoms with E-state index in [9.17, 15) is 14.4 Å². The molecule has 0 radical (unpaired) electrons. The molecule has 1 fully saturated rings. The van der Waals surface area contributed by atoms with Crippen LogP contribution in [0.2, 0.25) is 0 Å². The molecular formula is C16H19NO4. The Morgan fingerprint density at radius 3 is 2.43 bits per heavy atom. The van der Waals surface area contributed by atoms with Crippen LogP contribution in [-0.4, -0.2) is 34.3 Å². The molecule has 1 aromatic carbocycles. The fraction of sp³-hybridized carbons (Fsp3) is 0.438. The van der Waals surface area contributed by atoms with Crippen molar-refractivity contribution in [3.05, 3.63) is 35.9 Å². The molecule has 2 rings (SSSR count). The van der Waals surface area contributed by atoms with Gasteiger partial charge in [-0.05, 0) is 26.3 Å². The van der Waals surface area contributed by atoms with Crippen LogP contribution in [0.25, 0.3) is 0 Å². The van der Waals surface area contributed by atoms with Crippen LogP contribution >= 0.6 is 0 Å². The maximum Gasteiger partial charge on any atom is 0.417 e. The Labute approximate surface area is 123 Å². The van der Waals surface area contributed by atoms with Gasteiger partial charge in [0.2, 0.25) is 5.91 Å².